The smallest absolute Gasteiger partial charge is 0.347 e. The molecular formula is C25H18N2O4. The highest BCUT2D eigenvalue weighted by atomic mass is 16.4. The van der Waals surface area contributed by atoms with Gasteiger partial charge in [-0.1, -0.05) is 60.7 Å². The molecule has 6 heteroatoms. The van der Waals surface area contributed by atoms with Crippen LogP contribution in [-0.2, 0) is 0 Å². The zero-order chi connectivity index (χ0) is 21.5. The summed E-state index contributed by atoms with van der Waals surface area (Å²) < 4.78 is 5.50. The molecule has 0 bridgehead atoms. The highest BCUT2D eigenvalue weighted by Crippen LogP contribution is 2.30. The first-order valence-corrected chi connectivity index (χ1v) is 9.86. The van der Waals surface area contributed by atoms with Crippen molar-refractivity contribution in [3.63, 3.8) is 0 Å². The molecular weight excluding hydrogens is 392 g/mol. The Hall–Kier alpha value is -4.19. The van der Waals surface area contributed by atoms with Crippen molar-refractivity contribution in [2.75, 3.05) is 0 Å². The first kappa shape index (κ1) is 18.8. The van der Waals surface area contributed by atoms with E-state index in [2.05, 4.69) is 10.6 Å². The van der Waals surface area contributed by atoms with E-state index in [1.54, 1.807) is 19.1 Å². The highest BCUT2D eigenvalue weighted by molar-refractivity contribution is 6.14. The van der Waals surface area contributed by atoms with Crippen LogP contribution < -0.4 is 16.3 Å². The molecule has 5 rings (SSSR count). The second-order valence-electron chi connectivity index (χ2n) is 7.46. The molecule has 1 unspecified atom stereocenters. The third-order valence-electron chi connectivity index (χ3n) is 5.53. The van der Waals surface area contributed by atoms with E-state index in [9.17, 15) is 14.4 Å². The van der Waals surface area contributed by atoms with Crippen LogP contribution in [0.4, 0.5) is 4.79 Å². The topological polar surface area (TPSA) is 88.4 Å². The predicted molar refractivity (Wildman–Crippen MR) is 118 cm³/mol. The van der Waals surface area contributed by atoms with Gasteiger partial charge in [0.15, 0.2) is 0 Å². The average molecular weight is 410 g/mol. The molecule has 4 aromatic rings. The summed E-state index contributed by atoms with van der Waals surface area (Å²) in [5.74, 6) is -0.484. The molecule has 6 nitrogen and oxygen atoms in total. The molecule has 0 saturated heterocycles. The minimum absolute atomic E-state index is 0.0721. The lowest BCUT2D eigenvalue weighted by molar-refractivity contribution is 0.102. The Morgan fingerprint density at radius 1 is 0.903 bits per heavy atom. The van der Waals surface area contributed by atoms with Gasteiger partial charge in [-0.05, 0) is 35.4 Å². The minimum Gasteiger partial charge on any atom is -0.422 e. The Labute approximate surface area is 177 Å². The lowest BCUT2D eigenvalue weighted by Crippen LogP contribution is -2.45. The zero-order valence-electron chi connectivity index (χ0n) is 16.6. The molecule has 1 atom stereocenters. The number of rotatable bonds is 3. The van der Waals surface area contributed by atoms with E-state index in [4.69, 9.17) is 4.42 Å². The Kier molecular flexibility index (Phi) is 4.40. The maximum atomic E-state index is 13.6. The van der Waals surface area contributed by atoms with Gasteiger partial charge in [0.25, 0.3) is 0 Å². The molecule has 0 aliphatic carbocycles. The fourth-order valence-corrected chi connectivity index (χ4v) is 4.07. The van der Waals surface area contributed by atoms with Crippen molar-refractivity contribution in [2.45, 2.75) is 13.0 Å². The molecule has 0 spiro atoms. The summed E-state index contributed by atoms with van der Waals surface area (Å²) in [5.41, 5.74) is 1.09. The van der Waals surface area contributed by atoms with Gasteiger partial charge in [-0.2, -0.15) is 0 Å². The molecule has 1 aromatic heterocycles. The Bertz CT molecular complexity index is 1450. The zero-order valence-corrected chi connectivity index (χ0v) is 16.6. The van der Waals surface area contributed by atoms with Gasteiger partial charge in [0.05, 0.1) is 6.04 Å². The molecule has 2 amide bonds. The number of carbonyl (C=O) groups is 2. The Balaban J connectivity index is 1.70. The number of carbonyl (C=O) groups excluding carboxylic acids is 2. The first-order chi connectivity index (χ1) is 15.0. The Morgan fingerprint density at radius 2 is 1.65 bits per heavy atom. The van der Waals surface area contributed by atoms with Gasteiger partial charge in [-0.3, -0.25) is 4.79 Å². The number of hydrogen-bond acceptors (Lipinski definition) is 4. The fraction of sp³-hybridized carbons (Fsp3) is 0.0800. The van der Waals surface area contributed by atoms with Crippen LogP contribution in [0.15, 0.2) is 93.3 Å². The van der Waals surface area contributed by atoms with Crippen LogP contribution in [0, 0.1) is 0 Å². The van der Waals surface area contributed by atoms with Gasteiger partial charge >= 0.3 is 11.7 Å². The van der Waals surface area contributed by atoms with Crippen molar-refractivity contribution >= 4 is 33.6 Å². The standard InChI is InChI=1S/C25H18N2O4/c1-14-21(22(27-25(30)26-14)16-8-3-2-4-9-16)23(28)19-13-18-17-10-6-5-7-15(17)11-12-20(18)31-24(19)29/h2-13,22H,1H3,(H2,26,27,30). The molecule has 1 aliphatic rings. The number of nitrogens with one attached hydrogen (secondary N) is 2. The van der Waals surface area contributed by atoms with E-state index in [1.807, 2.05) is 60.7 Å². The van der Waals surface area contributed by atoms with Crippen molar-refractivity contribution < 1.29 is 14.0 Å². The monoisotopic (exact) mass is 410 g/mol. The minimum atomic E-state index is -0.711. The van der Waals surface area contributed by atoms with Gasteiger partial charge in [0, 0.05) is 16.7 Å². The second-order valence-corrected chi connectivity index (χ2v) is 7.46. The van der Waals surface area contributed by atoms with Crippen LogP contribution in [-0.4, -0.2) is 11.8 Å². The van der Waals surface area contributed by atoms with Crippen LogP contribution >= 0.6 is 0 Å². The number of hydrogen-bond donors (Lipinski definition) is 2. The molecule has 2 N–H and O–H groups in total. The summed E-state index contributed by atoms with van der Waals surface area (Å²) in [6.45, 7) is 1.65. The van der Waals surface area contributed by atoms with Crippen LogP contribution in [0.5, 0.6) is 0 Å². The Morgan fingerprint density at radius 3 is 2.45 bits per heavy atom. The molecule has 3 aromatic carbocycles. The molecule has 2 heterocycles. The van der Waals surface area contributed by atoms with E-state index >= 15 is 0 Å². The van der Waals surface area contributed by atoms with Gasteiger partial charge in [-0.15, -0.1) is 0 Å². The first-order valence-electron chi connectivity index (χ1n) is 9.86. The van der Waals surface area contributed by atoms with Crippen LogP contribution in [0.2, 0.25) is 0 Å². The summed E-state index contributed by atoms with van der Waals surface area (Å²) in [5, 5.41) is 7.98. The number of benzene rings is 3. The number of urea groups is 1. The summed E-state index contributed by atoms with van der Waals surface area (Å²) >= 11 is 0. The molecule has 31 heavy (non-hydrogen) atoms. The van der Waals surface area contributed by atoms with E-state index < -0.39 is 23.5 Å². The molecule has 0 saturated carbocycles. The van der Waals surface area contributed by atoms with E-state index in [1.165, 1.54) is 0 Å². The quantitative estimate of drug-likeness (QED) is 0.297. The van der Waals surface area contributed by atoms with Crippen molar-refractivity contribution in [3.8, 4) is 0 Å². The van der Waals surface area contributed by atoms with Gasteiger partial charge in [0.1, 0.15) is 11.1 Å². The molecule has 0 radical (unpaired) electrons. The van der Waals surface area contributed by atoms with Crippen LogP contribution in [0.3, 0.4) is 0 Å². The molecule has 1 aliphatic heterocycles. The lowest BCUT2D eigenvalue weighted by Gasteiger charge is -2.28. The average Bonchev–Trinajstić information content (AvgIpc) is 2.78. The largest absolute Gasteiger partial charge is 0.422 e. The van der Waals surface area contributed by atoms with Gasteiger partial charge < -0.3 is 15.1 Å². The maximum absolute atomic E-state index is 13.6. The van der Waals surface area contributed by atoms with Crippen LogP contribution in [0.25, 0.3) is 21.7 Å². The number of allylic oxidation sites excluding steroid dienone is 1. The van der Waals surface area contributed by atoms with Gasteiger partial charge in [0.2, 0.25) is 5.78 Å². The highest BCUT2D eigenvalue weighted by Gasteiger charge is 2.33. The second kappa shape index (κ2) is 7.25. The maximum Gasteiger partial charge on any atom is 0.347 e. The number of ketones is 1. The number of amides is 2. The number of Topliss-reactive ketones (excluding diaryl/α,β-unsaturated/α-hetero) is 1. The lowest BCUT2D eigenvalue weighted by atomic mass is 9.89. The molecule has 0 fully saturated rings. The van der Waals surface area contributed by atoms with E-state index in [-0.39, 0.29) is 5.56 Å². The summed E-state index contributed by atoms with van der Waals surface area (Å²) in [6.07, 6.45) is 0. The third kappa shape index (κ3) is 3.18. The predicted octanol–water partition coefficient (Wildman–Crippen LogP) is 4.46. The SMILES string of the molecule is CC1=C(C(=O)c2cc3c(ccc4ccccc43)oc2=O)C(c2ccccc2)NC(=O)N1. The normalized spacial score (nSPS) is 16.3. The molecule has 152 valence electrons. The van der Waals surface area contributed by atoms with E-state index in [0.717, 1.165) is 16.3 Å². The summed E-state index contributed by atoms with van der Waals surface area (Å²) in [6, 6.07) is 21.0. The van der Waals surface area contributed by atoms with Crippen molar-refractivity contribution in [1.29, 1.82) is 0 Å². The fourth-order valence-electron chi connectivity index (χ4n) is 4.07. The summed E-state index contributed by atoms with van der Waals surface area (Å²) in [4.78, 5) is 38.4. The van der Waals surface area contributed by atoms with Crippen molar-refractivity contribution in [1.82, 2.24) is 10.6 Å². The summed E-state index contributed by atoms with van der Waals surface area (Å²) in [7, 11) is 0. The van der Waals surface area contributed by atoms with Crippen LogP contribution in [0.1, 0.15) is 28.9 Å². The van der Waals surface area contributed by atoms with E-state index in [0.29, 0.717) is 22.2 Å². The third-order valence-corrected chi connectivity index (χ3v) is 5.53. The number of fused-ring (bicyclic) bond motifs is 3. The van der Waals surface area contributed by atoms with Gasteiger partial charge in [-0.25, -0.2) is 9.59 Å². The van der Waals surface area contributed by atoms with Crippen molar-refractivity contribution in [2.24, 2.45) is 0 Å². The van der Waals surface area contributed by atoms with Crippen molar-refractivity contribution in [3.05, 3.63) is 106 Å².